The SMILES string of the molecule is CC1(C)CCC(Oc2ccncc2C(=O)O)CC1. The Balaban J connectivity index is 2.04. The number of hydrogen-bond acceptors (Lipinski definition) is 3. The van der Waals surface area contributed by atoms with Gasteiger partial charge in [-0.15, -0.1) is 0 Å². The maximum atomic E-state index is 11.0. The van der Waals surface area contributed by atoms with Crippen molar-refractivity contribution in [2.45, 2.75) is 45.6 Å². The van der Waals surface area contributed by atoms with E-state index in [0.29, 0.717) is 11.2 Å². The maximum Gasteiger partial charge on any atom is 0.341 e. The molecule has 1 aromatic heterocycles. The van der Waals surface area contributed by atoms with Gasteiger partial charge in [0.1, 0.15) is 11.3 Å². The third-order valence-electron chi connectivity index (χ3n) is 3.59. The average molecular weight is 249 g/mol. The molecule has 0 aliphatic heterocycles. The standard InChI is InChI=1S/C14H19NO3/c1-14(2)6-3-10(4-7-14)18-12-5-8-15-9-11(12)13(16)17/h5,8-10H,3-4,6-7H2,1-2H3,(H,16,17). The van der Waals surface area contributed by atoms with Gasteiger partial charge in [-0.05, 0) is 37.2 Å². The molecule has 1 fully saturated rings. The van der Waals surface area contributed by atoms with Crippen molar-refractivity contribution in [3.63, 3.8) is 0 Å². The van der Waals surface area contributed by atoms with Gasteiger partial charge in [-0.3, -0.25) is 4.98 Å². The van der Waals surface area contributed by atoms with E-state index in [1.54, 1.807) is 12.3 Å². The van der Waals surface area contributed by atoms with Gasteiger partial charge in [-0.25, -0.2) is 4.79 Å². The van der Waals surface area contributed by atoms with Crippen LogP contribution < -0.4 is 4.74 Å². The van der Waals surface area contributed by atoms with Crippen molar-refractivity contribution in [2.24, 2.45) is 5.41 Å². The van der Waals surface area contributed by atoms with E-state index in [1.807, 2.05) is 0 Å². The number of pyridine rings is 1. The van der Waals surface area contributed by atoms with Crippen LogP contribution in [-0.2, 0) is 0 Å². The highest BCUT2D eigenvalue weighted by atomic mass is 16.5. The van der Waals surface area contributed by atoms with Crippen LogP contribution in [0.2, 0.25) is 0 Å². The first-order valence-electron chi connectivity index (χ1n) is 6.32. The molecule has 1 heterocycles. The van der Waals surface area contributed by atoms with Crippen LogP contribution in [0.25, 0.3) is 0 Å². The lowest BCUT2D eigenvalue weighted by molar-refractivity contribution is 0.0674. The second-order valence-electron chi connectivity index (χ2n) is 5.66. The predicted octanol–water partition coefficient (Wildman–Crippen LogP) is 3.13. The van der Waals surface area contributed by atoms with E-state index < -0.39 is 5.97 Å². The van der Waals surface area contributed by atoms with E-state index in [0.717, 1.165) is 25.7 Å². The zero-order valence-electron chi connectivity index (χ0n) is 10.8. The Morgan fingerprint density at radius 3 is 2.72 bits per heavy atom. The van der Waals surface area contributed by atoms with Gasteiger partial charge in [0.15, 0.2) is 0 Å². The topological polar surface area (TPSA) is 59.4 Å². The molecule has 0 spiro atoms. The van der Waals surface area contributed by atoms with E-state index in [-0.39, 0.29) is 11.7 Å². The quantitative estimate of drug-likeness (QED) is 0.894. The highest BCUT2D eigenvalue weighted by molar-refractivity contribution is 5.90. The van der Waals surface area contributed by atoms with Crippen LogP contribution in [0.3, 0.4) is 0 Å². The normalized spacial score (nSPS) is 19.4. The third kappa shape index (κ3) is 3.00. The van der Waals surface area contributed by atoms with Gasteiger partial charge in [-0.2, -0.15) is 0 Å². The second kappa shape index (κ2) is 4.96. The lowest BCUT2D eigenvalue weighted by atomic mass is 9.76. The lowest BCUT2D eigenvalue weighted by Gasteiger charge is -2.34. The molecule has 0 aromatic carbocycles. The summed E-state index contributed by atoms with van der Waals surface area (Å²) in [4.78, 5) is 14.9. The smallest absolute Gasteiger partial charge is 0.341 e. The molecule has 2 rings (SSSR count). The molecule has 0 bridgehead atoms. The minimum Gasteiger partial charge on any atom is -0.489 e. The largest absolute Gasteiger partial charge is 0.489 e. The zero-order valence-corrected chi connectivity index (χ0v) is 10.8. The molecule has 98 valence electrons. The summed E-state index contributed by atoms with van der Waals surface area (Å²) < 4.78 is 5.82. The van der Waals surface area contributed by atoms with Crippen LogP contribution in [0.15, 0.2) is 18.5 Å². The molecule has 0 unspecified atom stereocenters. The number of rotatable bonds is 3. The molecule has 0 amide bonds. The number of ether oxygens (including phenoxy) is 1. The van der Waals surface area contributed by atoms with E-state index >= 15 is 0 Å². The molecule has 1 N–H and O–H groups in total. The third-order valence-corrected chi connectivity index (χ3v) is 3.59. The highest BCUT2D eigenvalue weighted by Gasteiger charge is 2.28. The average Bonchev–Trinajstić information content (AvgIpc) is 2.32. The summed E-state index contributed by atoms with van der Waals surface area (Å²) in [5.74, 6) is -0.559. The van der Waals surface area contributed by atoms with Crippen LogP contribution in [0.1, 0.15) is 49.9 Å². The lowest BCUT2D eigenvalue weighted by Crippen LogP contribution is -2.28. The van der Waals surface area contributed by atoms with Crippen molar-refractivity contribution in [3.05, 3.63) is 24.0 Å². The Bertz CT molecular complexity index is 432. The van der Waals surface area contributed by atoms with Crippen molar-refractivity contribution in [3.8, 4) is 5.75 Å². The van der Waals surface area contributed by atoms with Gasteiger partial charge in [0.25, 0.3) is 0 Å². The van der Waals surface area contributed by atoms with Gasteiger partial charge in [0.05, 0.1) is 6.10 Å². The van der Waals surface area contributed by atoms with Crippen LogP contribution in [-0.4, -0.2) is 22.2 Å². The summed E-state index contributed by atoms with van der Waals surface area (Å²) in [5.41, 5.74) is 0.524. The fourth-order valence-corrected chi connectivity index (χ4v) is 2.32. The number of hydrogen-bond donors (Lipinski definition) is 1. The number of carbonyl (C=O) groups is 1. The highest BCUT2D eigenvalue weighted by Crippen LogP contribution is 2.36. The number of nitrogens with zero attached hydrogens (tertiary/aromatic N) is 1. The Morgan fingerprint density at radius 2 is 2.11 bits per heavy atom. The molecule has 0 radical (unpaired) electrons. The van der Waals surface area contributed by atoms with Crippen LogP contribution >= 0.6 is 0 Å². The molecule has 0 atom stereocenters. The van der Waals surface area contributed by atoms with Gasteiger partial charge < -0.3 is 9.84 Å². The summed E-state index contributed by atoms with van der Waals surface area (Å²) >= 11 is 0. The van der Waals surface area contributed by atoms with Crippen LogP contribution in [0, 0.1) is 5.41 Å². The first-order chi connectivity index (χ1) is 8.48. The number of aromatic nitrogens is 1. The predicted molar refractivity (Wildman–Crippen MR) is 67.9 cm³/mol. The first kappa shape index (κ1) is 12.9. The van der Waals surface area contributed by atoms with Crippen molar-refractivity contribution in [1.82, 2.24) is 4.98 Å². The van der Waals surface area contributed by atoms with Gasteiger partial charge in [0.2, 0.25) is 0 Å². The van der Waals surface area contributed by atoms with Crippen LogP contribution in [0.4, 0.5) is 0 Å². The molecule has 1 aliphatic carbocycles. The van der Waals surface area contributed by atoms with Crippen molar-refractivity contribution >= 4 is 5.97 Å². The molecule has 18 heavy (non-hydrogen) atoms. The number of carboxylic acids is 1. The number of aromatic carboxylic acids is 1. The molecule has 0 saturated heterocycles. The molecular formula is C14H19NO3. The fraction of sp³-hybridized carbons (Fsp3) is 0.571. The van der Waals surface area contributed by atoms with Crippen molar-refractivity contribution < 1.29 is 14.6 Å². The molecule has 1 saturated carbocycles. The van der Waals surface area contributed by atoms with Crippen LogP contribution in [0.5, 0.6) is 5.75 Å². The fourth-order valence-electron chi connectivity index (χ4n) is 2.32. The van der Waals surface area contributed by atoms with E-state index in [4.69, 9.17) is 9.84 Å². The first-order valence-corrected chi connectivity index (χ1v) is 6.32. The Morgan fingerprint density at radius 1 is 1.44 bits per heavy atom. The van der Waals surface area contributed by atoms with E-state index in [1.165, 1.54) is 6.20 Å². The molecule has 1 aliphatic rings. The minimum atomic E-state index is -0.991. The summed E-state index contributed by atoms with van der Waals surface area (Å²) in [6.07, 6.45) is 7.22. The Labute approximate surface area is 107 Å². The van der Waals surface area contributed by atoms with Crippen molar-refractivity contribution in [1.29, 1.82) is 0 Å². The van der Waals surface area contributed by atoms with Crippen molar-refractivity contribution in [2.75, 3.05) is 0 Å². The number of carboxylic acid groups (broad SMARTS) is 1. The summed E-state index contributed by atoms with van der Waals surface area (Å²) in [5, 5.41) is 9.06. The molecule has 1 aromatic rings. The second-order valence-corrected chi connectivity index (χ2v) is 5.66. The maximum absolute atomic E-state index is 11.0. The molecule has 4 heteroatoms. The minimum absolute atomic E-state index is 0.124. The van der Waals surface area contributed by atoms with E-state index in [2.05, 4.69) is 18.8 Å². The Kier molecular flexibility index (Phi) is 3.55. The Hall–Kier alpha value is -1.58. The van der Waals surface area contributed by atoms with Gasteiger partial charge in [-0.1, -0.05) is 13.8 Å². The summed E-state index contributed by atoms with van der Waals surface area (Å²) in [6, 6.07) is 1.63. The summed E-state index contributed by atoms with van der Waals surface area (Å²) in [6.45, 7) is 4.52. The monoisotopic (exact) mass is 249 g/mol. The van der Waals surface area contributed by atoms with E-state index in [9.17, 15) is 4.79 Å². The summed E-state index contributed by atoms with van der Waals surface area (Å²) in [7, 11) is 0. The molecule has 4 nitrogen and oxygen atoms in total. The van der Waals surface area contributed by atoms with Gasteiger partial charge >= 0.3 is 5.97 Å². The zero-order chi connectivity index (χ0) is 13.2. The molecular weight excluding hydrogens is 230 g/mol. The van der Waals surface area contributed by atoms with Gasteiger partial charge in [0, 0.05) is 12.4 Å².